The highest BCUT2D eigenvalue weighted by molar-refractivity contribution is 6.01. The molecule has 3 heterocycles. The predicted molar refractivity (Wildman–Crippen MR) is 119 cm³/mol. The van der Waals surface area contributed by atoms with Gasteiger partial charge in [-0.2, -0.15) is 4.39 Å². The first-order chi connectivity index (χ1) is 16.0. The standard InChI is InChI=1S/C24H24F2N4O3/c1-3-21(26)33-20-7-13(6-19(32-2)23(20)24(31)29-15-4-5-15)18-11-28-22-8-16(14-9-27-10-14)17(25)12-30(18)22/h3,6-8,11-12,14-15,21,27H,1,4-5,9-10H2,2H3,(H,29,31). The monoisotopic (exact) mass is 454 g/mol. The maximum Gasteiger partial charge on any atom is 0.259 e. The number of rotatable bonds is 8. The van der Waals surface area contributed by atoms with Crippen LogP contribution in [0.1, 0.15) is 34.7 Å². The first-order valence-electron chi connectivity index (χ1n) is 10.8. The minimum atomic E-state index is -1.82. The largest absolute Gasteiger partial charge is 0.496 e. The first kappa shape index (κ1) is 21.4. The SMILES string of the molecule is C=CC(F)Oc1cc(-c2cnc3cc(C4CNC4)c(F)cn23)cc(OC)c1C(=O)NC1CC1. The summed E-state index contributed by atoms with van der Waals surface area (Å²) in [5.41, 5.74) is 2.38. The average Bonchev–Trinajstić information content (AvgIpc) is 3.49. The van der Waals surface area contributed by atoms with Crippen molar-refractivity contribution in [3.8, 4) is 22.8 Å². The van der Waals surface area contributed by atoms with E-state index in [2.05, 4.69) is 22.2 Å². The maximum atomic E-state index is 14.9. The van der Waals surface area contributed by atoms with E-state index < -0.39 is 12.3 Å². The van der Waals surface area contributed by atoms with Crippen LogP contribution in [0.15, 0.2) is 43.2 Å². The Morgan fingerprint density at radius 2 is 2.09 bits per heavy atom. The summed E-state index contributed by atoms with van der Waals surface area (Å²) in [6, 6.07) is 5.01. The van der Waals surface area contributed by atoms with Gasteiger partial charge in [-0.05, 0) is 42.7 Å². The number of methoxy groups -OCH3 is 1. The summed E-state index contributed by atoms with van der Waals surface area (Å²) in [5.74, 6) is -0.394. The second-order valence-electron chi connectivity index (χ2n) is 8.31. The Hall–Kier alpha value is -3.46. The highest BCUT2D eigenvalue weighted by atomic mass is 19.1. The van der Waals surface area contributed by atoms with Gasteiger partial charge in [0.2, 0.25) is 0 Å². The lowest BCUT2D eigenvalue weighted by atomic mass is 9.94. The zero-order chi connectivity index (χ0) is 23.1. The van der Waals surface area contributed by atoms with Crippen LogP contribution in [0.25, 0.3) is 16.9 Å². The summed E-state index contributed by atoms with van der Waals surface area (Å²) in [5, 5.41) is 6.02. The van der Waals surface area contributed by atoms with Crippen LogP contribution in [0.5, 0.6) is 11.5 Å². The minimum absolute atomic E-state index is 0.00230. The van der Waals surface area contributed by atoms with Crippen LogP contribution in [0.3, 0.4) is 0 Å². The van der Waals surface area contributed by atoms with Gasteiger partial charge in [0.05, 0.1) is 19.0 Å². The molecular weight excluding hydrogens is 430 g/mol. The number of fused-ring (bicyclic) bond motifs is 1. The van der Waals surface area contributed by atoms with Gasteiger partial charge in [-0.3, -0.25) is 9.20 Å². The zero-order valence-electron chi connectivity index (χ0n) is 18.1. The van der Waals surface area contributed by atoms with Crippen LogP contribution in [-0.4, -0.2) is 47.9 Å². The summed E-state index contributed by atoms with van der Waals surface area (Å²) >= 11 is 0. The number of alkyl halides is 1. The number of hydrogen-bond donors (Lipinski definition) is 2. The Bertz CT molecular complexity index is 1230. The fourth-order valence-corrected chi connectivity index (χ4v) is 3.92. The molecule has 0 spiro atoms. The van der Waals surface area contributed by atoms with E-state index in [0.717, 1.165) is 32.0 Å². The molecule has 33 heavy (non-hydrogen) atoms. The average molecular weight is 454 g/mol. The number of carbonyl (C=O) groups is 1. The molecule has 1 atom stereocenters. The van der Waals surface area contributed by atoms with Crippen molar-refractivity contribution in [3.63, 3.8) is 0 Å². The molecule has 9 heteroatoms. The normalized spacial score (nSPS) is 16.8. The number of ether oxygens (including phenoxy) is 2. The van der Waals surface area contributed by atoms with Crippen LogP contribution in [-0.2, 0) is 0 Å². The van der Waals surface area contributed by atoms with Gasteiger partial charge < -0.3 is 20.1 Å². The van der Waals surface area contributed by atoms with Crippen LogP contribution in [0, 0.1) is 5.82 Å². The molecule has 3 aromatic rings. The van der Waals surface area contributed by atoms with Gasteiger partial charge in [-0.1, -0.05) is 6.58 Å². The Labute approximate surface area is 189 Å². The molecule has 1 aliphatic heterocycles. The van der Waals surface area contributed by atoms with E-state index in [9.17, 15) is 13.6 Å². The lowest BCUT2D eigenvalue weighted by Crippen LogP contribution is -2.40. The number of aromatic nitrogens is 2. The molecule has 172 valence electrons. The van der Waals surface area contributed by atoms with Crippen LogP contribution >= 0.6 is 0 Å². The number of halogens is 2. The van der Waals surface area contributed by atoms with E-state index in [4.69, 9.17) is 9.47 Å². The van der Waals surface area contributed by atoms with Crippen LogP contribution < -0.4 is 20.1 Å². The van der Waals surface area contributed by atoms with Gasteiger partial charge in [0.25, 0.3) is 12.3 Å². The maximum absolute atomic E-state index is 14.9. The molecule has 2 N–H and O–H groups in total. The summed E-state index contributed by atoms with van der Waals surface area (Å²) in [4.78, 5) is 17.3. The molecule has 5 rings (SSSR count). The Morgan fingerprint density at radius 1 is 1.33 bits per heavy atom. The number of nitrogens with one attached hydrogen (secondary N) is 2. The lowest BCUT2D eigenvalue weighted by molar-refractivity contribution is 0.0916. The molecule has 0 radical (unpaired) electrons. The zero-order valence-corrected chi connectivity index (χ0v) is 18.1. The number of hydrogen-bond acceptors (Lipinski definition) is 5. The molecule has 2 aromatic heterocycles. The van der Waals surface area contributed by atoms with Crippen LogP contribution in [0.2, 0.25) is 0 Å². The molecule has 1 saturated heterocycles. The molecule has 0 bridgehead atoms. The molecule has 1 amide bonds. The van der Waals surface area contributed by atoms with E-state index in [-0.39, 0.29) is 34.8 Å². The third-order valence-electron chi connectivity index (χ3n) is 6.00. The summed E-state index contributed by atoms with van der Waals surface area (Å²) in [7, 11) is 1.42. The fraction of sp³-hybridized carbons (Fsp3) is 0.333. The Kier molecular flexibility index (Phi) is 5.49. The van der Waals surface area contributed by atoms with E-state index >= 15 is 0 Å². The topological polar surface area (TPSA) is 76.9 Å². The van der Waals surface area contributed by atoms with Gasteiger partial charge >= 0.3 is 0 Å². The molecule has 7 nitrogen and oxygen atoms in total. The Morgan fingerprint density at radius 3 is 2.73 bits per heavy atom. The van der Waals surface area contributed by atoms with Crippen molar-refractivity contribution < 1.29 is 23.0 Å². The number of nitrogens with zero attached hydrogens (tertiary/aromatic N) is 2. The van der Waals surface area contributed by atoms with E-state index in [1.54, 1.807) is 22.7 Å². The molecule has 1 unspecified atom stereocenters. The highest BCUT2D eigenvalue weighted by Gasteiger charge is 2.29. The van der Waals surface area contributed by atoms with Crippen molar-refractivity contribution in [2.45, 2.75) is 31.2 Å². The van der Waals surface area contributed by atoms with Crippen molar-refractivity contribution in [2.75, 3.05) is 20.2 Å². The van der Waals surface area contributed by atoms with Crippen molar-refractivity contribution in [1.82, 2.24) is 20.0 Å². The van der Waals surface area contributed by atoms with Crippen molar-refractivity contribution in [3.05, 3.63) is 60.2 Å². The fourth-order valence-electron chi connectivity index (χ4n) is 3.92. The number of imidazole rings is 1. The van der Waals surface area contributed by atoms with Gasteiger partial charge in [-0.25, -0.2) is 9.37 Å². The summed E-state index contributed by atoms with van der Waals surface area (Å²) < 4.78 is 41.5. The van der Waals surface area contributed by atoms with E-state index in [1.165, 1.54) is 19.4 Å². The number of carbonyl (C=O) groups excluding carboxylic acids is 1. The minimum Gasteiger partial charge on any atom is -0.496 e. The molecule has 1 aliphatic carbocycles. The molecule has 2 fully saturated rings. The summed E-state index contributed by atoms with van der Waals surface area (Å²) in [6.07, 6.45) is 3.95. The van der Waals surface area contributed by atoms with Crippen LogP contribution in [0.4, 0.5) is 8.78 Å². The number of benzene rings is 1. The summed E-state index contributed by atoms with van der Waals surface area (Å²) in [6.45, 7) is 4.86. The number of amides is 1. The molecule has 1 saturated carbocycles. The second-order valence-corrected chi connectivity index (χ2v) is 8.31. The lowest BCUT2D eigenvalue weighted by Gasteiger charge is -2.27. The smallest absolute Gasteiger partial charge is 0.259 e. The third kappa shape index (κ3) is 4.04. The van der Waals surface area contributed by atoms with E-state index in [0.29, 0.717) is 22.5 Å². The van der Waals surface area contributed by atoms with Gasteiger partial charge in [0.15, 0.2) is 0 Å². The quantitative estimate of drug-likeness (QED) is 0.509. The molecular formula is C24H24F2N4O3. The molecule has 1 aromatic carbocycles. The van der Waals surface area contributed by atoms with Gasteiger partial charge in [0.1, 0.15) is 28.5 Å². The Balaban J connectivity index is 1.60. The van der Waals surface area contributed by atoms with Gasteiger partial charge in [0, 0.05) is 36.8 Å². The van der Waals surface area contributed by atoms with E-state index in [1.807, 2.05) is 0 Å². The van der Waals surface area contributed by atoms with Gasteiger partial charge in [-0.15, -0.1) is 0 Å². The first-order valence-corrected chi connectivity index (χ1v) is 10.8. The predicted octanol–water partition coefficient (Wildman–Crippen LogP) is 3.59. The van der Waals surface area contributed by atoms with Crippen molar-refractivity contribution >= 4 is 11.6 Å². The molecule has 2 aliphatic rings. The third-order valence-corrected chi connectivity index (χ3v) is 6.00. The number of pyridine rings is 1. The van der Waals surface area contributed by atoms with Crippen molar-refractivity contribution in [2.24, 2.45) is 0 Å². The highest BCUT2D eigenvalue weighted by Crippen LogP contribution is 2.37. The van der Waals surface area contributed by atoms with Crippen molar-refractivity contribution in [1.29, 1.82) is 0 Å². The second kappa shape index (κ2) is 8.47.